The third kappa shape index (κ3) is 3.08. The SMILES string of the molecule is CCC(CC)(CBr)NC(=O)c1ccc(C)s1. The van der Waals surface area contributed by atoms with Gasteiger partial charge in [-0.05, 0) is 31.9 Å². The van der Waals surface area contributed by atoms with Crippen LogP contribution in [-0.4, -0.2) is 16.8 Å². The summed E-state index contributed by atoms with van der Waals surface area (Å²) in [7, 11) is 0. The zero-order chi connectivity index (χ0) is 12.2. The molecule has 1 amide bonds. The molecule has 0 aromatic carbocycles. The zero-order valence-electron chi connectivity index (χ0n) is 9.97. The van der Waals surface area contributed by atoms with E-state index in [-0.39, 0.29) is 11.4 Å². The Morgan fingerprint density at radius 1 is 1.44 bits per heavy atom. The molecule has 0 aliphatic heterocycles. The molecule has 0 aliphatic carbocycles. The van der Waals surface area contributed by atoms with Crippen LogP contribution in [0.1, 0.15) is 41.2 Å². The van der Waals surface area contributed by atoms with Gasteiger partial charge in [0, 0.05) is 15.7 Å². The van der Waals surface area contributed by atoms with Gasteiger partial charge in [0.05, 0.1) is 4.88 Å². The number of aryl methyl sites for hydroxylation is 1. The second-order valence-electron chi connectivity index (χ2n) is 3.99. The molecule has 4 heteroatoms. The van der Waals surface area contributed by atoms with E-state index >= 15 is 0 Å². The molecular formula is C12H18BrNOS. The molecule has 90 valence electrons. The monoisotopic (exact) mass is 303 g/mol. The van der Waals surface area contributed by atoms with Crippen molar-refractivity contribution in [1.29, 1.82) is 0 Å². The van der Waals surface area contributed by atoms with Crippen LogP contribution in [0.25, 0.3) is 0 Å². The van der Waals surface area contributed by atoms with E-state index in [1.54, 1.807) is 11.3 Å². The Morgan fingerprint density at radius 2 is 2.06 bits per heavy atom. The maximum atomic E-state index is 12.0. The van der Waals surface area contributed by atoms with Gasteiger partial charge in [-0.25, -0.2) is 0 Å². The van der Waals surface area contributed by atoms with Crippen molar-refractivity contribution >= 4 is 33.2 Å². The summed E-state index contributed by atoms with van der Waals surface area (Å²) in [6, 6.07) is 3.87. The number of alkyl halides is 1. The molecule has 0 unspecified atom stereocenters. The smallest absolute Gasteiger partial charge is 0.261 e. The van der Waals surface area contributed by atoms with Crippen LogP contribution in [0.5, 0.6) is 0 Å². The molecule has 0 bridgehead atoms. The van der Waals surface area contributed by atoms with Crippen molar-refractivity contribution in [2.75, 3.05) is 5.33 Å². The molecule has 0 atom stereocenters. The average molecular weight is 304 g/mol. The Balaban J connectivity index is 2.76. The van der Waals surface area contributed by atoms with Crippen molar-refractivity contribution in [1.82, 2.24) is 5.32 Å². The fraction of sp³-hybridized carbons (Fsp3) is 0.583. The van der Waals surface area contributed by atoms with Gasteiger partial charge in [-0.2, -0.15) is 0 Å². The lowest BCUT2D eigenvalue weighted by molar-refractivity contribution is 0.0908. The fourth-order valence-electron chi connectivity index (χ4n) is 1.51. The highest BCUT2D eigenvalue weighted by Gasteiger charge is 2.27. The molecule has 0 aliphatic rings. The van der Waals surface area contributed by atoms with E-state index in [2.05, 4.69) is 35.1 Å². The first-order valence-electron chi connectivity index (χ1n) is 5.52. The number of thiophene rings is 1. The fourth-order valence-corrected chi connectivity index (χ4v) is 3.20. The largest absolute Gasteiger partial charge is 0.345 e. The molecule has 0 saturated heterocycles. The van der Waals surface area contributed by atoms with Crippen LogP contribution in [0.15, 0.2) is 12.1 Å². The first kappa shape index (κ1) is 13.7. The van der Waals surface area contributed by atoms with E-state index in [4.69, 9.17) is 0 Å². The summed E-state index contributed by atoms with van der Waals surface area (Å²) in [6.45, 7) is 6.22. The van der Waals surface area contributed by atoms with E-state index in [0.29, 0.717) is 0 Å². The second kappa shape index (κ2) is 5.82. The minimum Gasteiger partial charge on any atom is -0.345 e. The Kier molecular flexibility index (Phi) is 4.99. The van der Waals surface area contributed by atoms with Gasteiger partial charge < -0.3 is 5.32 Å². The lowest BCUT2D eigenvalue weighted by atomic mass is 9.95. The highest BCUT2D eigenvalue weighted by molar-refractivity contribution is 9.09. The summed E-state index contributed by atoms with van der Waals surface area (Å²) in [5.41, 5.74) is -0.116. The molecule has 0 radical (unpaired) electrons. The molecule has 1 N–H and O–H groups in total. The minimum atomic E-state index is -0.116. The minimum absolute atomic E-state index is 0.0428. The number of carbonyl (C=O) groups excluding carboxylic acids is 1. The highest BCUT2D eigenvalue weighted by atomic mass is 79.9. The first-order valence-corrected chi connectivity index (χ1v) is 7.45. The number of carbonyl (C=O) groups is 1. The Morgan fingerprint density at radius 3 is 2.44 bits per heavy atom. The third-order valence-corrected chi connectivity index (χ3v) is 5.03. The zero-order valence-corrected chi connectivity index (χ0v) is 12.4. The van der Waals surface area contributed by atoms with Crippen molar-refractivity contribution in [2.24, 2.45) is 0 Å². The van der Waals surface area contributed by atoms with Crippen molar-refractivity contribution in [3.63, 3.8) is 0 Å². The number of halogens is 1. The van der Waals surface area contributed by atoms with Crippen LogP contribution in [0, 0.1) is 6.92 Å². The Hall–Kier alpha value is -0.350. The average Bonchev–Trinajstić information content (AvgIpc) is 2.73. The summed E-state index contributed by atoms with van der Waals surface area (Å²) in [4.78, 5) is 14.0. The van der Waals surface area contributed by atoms with Crippen LogP contribution in [0.2, 0.25) is 0 Å². The van der Waals surface area contributed by atoms with Gasteiger partial charge in [0.25, 0.3) is 5.91 Å². The number of hydrogen-bond acceptors (Lipinski definition) is 2. The topological polar surface area (TPSA) is 29.1 Å². The molecular weight excluding hydrogens is 286 g/mol. The first-order chi connectivity index (χ1) is 7.56. The van der Waals surface area contributed by atoms with Crippen LogP contribution in [0.3, 0.4) is 0 Å². The van der Waals surface area contributed by atoms with E-state index < -0.39 is 0 Å². The van der Waals surface area contributed by atoms with Crippen molar-refractivity contribution in [3.8, 4) is 0 Å². The molecule has 16 heavy (non-hydrogen) atoms. The van der Waals surface area contributed by atoms with Gasteiger partial charge in [-0.1, -0.05) is 29.8 Å². The van der Waals surface area contributed by atoms with Crippen molar-refractivity contribution in [3.05, 3.63) is 21.9 Å². The lowest BCUT2D eigenvalue weighted by Gasteiger charge is -2.30. The number of hydrogen-bond donors (Lipinski definition) is 1. The molecule has 1 aromatic rings. The summed E-state index contributed by atoms with van der Waals surface area (Å²) < 4.78 is 0. The number of amides is 1. The Bertz CT molecular complexity index is 349. The predicted octanol–water partition coefficient (Wildman–Crippen LogP) is 3.74. The van der Waals surface area contributed by atoms with Gasteiger partial charge in [-0.3, -0.25) is 4.79 Å². The third-order valence-electron chi connectivity index (χ3n) is 2.95. The molecule has 0 spiro atoms. The normalized spacial score (nSPS) is 11.5. The summed E-state index contributed by atoms with van der Waals surface area (Å²) in [5, 5.41) is 3.93. The number of rotatable bonds is 5. The van der Waals surface area contributed by atoms with E-state index in [9.17, 15) is 4.79 Å². The molecule has 2 nitrogen and oxygen atoms in total. The summed E-state index contributed by atoms with van der Waals surface area (Å²) in [6.07, 6.45) is 1.87. The maximum Gasteiger partial charge on any atom is 0.261 e. The van der Waals surface area contributed by atoms with E-state index in [0.717, 1.165) is 23.0 Å². The van der Waals surface area contributed by atoms with Crippen molar-refractivity contribution < 1.29 is 4.79 Å². The van der Waals surface area contributed by atoms with Crippen LogP contribution < -0.4 is 5.32 Å². The predicted molar refractivity (Wildman–Crippen MR) is 73.6 cm³/mol. The molecule has 0 saturated carbocycles. The lowest BCUT2D eigenvalue weighted by Crippen LogP contribution is -2.48. The van der Waals surface area contributed by atoms with E-state index in [1.807, 2.05) is 19.1 Å². The maximum absolute atomic E-state index is 12.0. The second-order valence-corrected chi connectivity index (χ2v) is 5.83. The van der Waals surface area contributed by atoms with Crippen LogP contribution in [-0.2, 0) is 0 Å². The quantitative estimate of drug-likeness (QED) is 0.825. The molecule has 1 heterocycles. The molecule has 0 fully saturated rings. The summed E-state index contributed by atoms with van der Waals surface area (Å²) in [5.74, 6) is 0.0428. The number of nitrogens with one attached hydrogen (secondary N) is 1. The summed E-state index contributed by atoms with van der Waals surface area (Å²) >= 11 is 5.03. The molecule has 1 aromatic heterocycles. The molecule has 1 rings (SSSR count). The van der Waals surface area contributed by atoms with Gasteiger partial charge in [0.15, 0.2) is 0 Å². The van der Waals surface area contributed by atoms with Crippen LogP contribution in [0.4, 0.5) is 0 Å². The van der Waals surface area contributed by atoms with Gasteiger partial charge in [-0.15, -0.1) is 11.3 Å². The van der Waals surface area contributed by atoms with Gasteiger partial charge in [0.1, 0.15) is 0 Å². The van der Waals surface area contributed by atoms with Crippen LogP contribution >= 0.6 is 27.3 Å². The van der Waals surface area contributed by atoms with Gasteiger partial charge in [0.2, 0.25) is 0 Å². The van der Waals surface area contributed by atoms with Gasteiger partial charge >= 0.3 is 0 Å². The van der Waals surface area contributed by atoms with E-state index in [1.165, 1.54) is 4.88 Å². The van der Waals surface area contributed by atoms with Crippen molar-refractivity contribution in [2.45, 2.75) is 39.2 Å². The Labute approximate surface area is 110 Å². The highest BCUT2D eigenvalue weighted by Crippen LogP contribution is 2.21. The standard InChI is InChI=1S/C12H18BrNOS/c1-4-12(5-2,8-13)14-11(15)10-7-6-9(3)16-10/h6-7H,4-5,8H2,1-3H3,(H,14,15).